The molecule has 2 aromatic heterocycles. The fourth-order valence-corrected chi connectivity index (χ4v) is 10.9. The van der Waals surface area contributed by atoms with Crippen molar-refractivity contribution in [3.63, 3.8) is 0 Å². The summed E-state index contributed by atoms with van der Waals surface area (Å²) in [4.78, 5) is 12.1. The Labute approximate surface area is 434 Å². The zero-order chi connectivity index (χ0) is 49.7. The Kier molecular flexibility index (Phi) is 10.7. The molecule has 14 aromatic rings. The van der Waals surface area contributed by atoms with Crippen LogP contribution in [0.5, 0.6) is 0 Å². The average Bonchev–Trinajstić information content (AvgIpc) is 4.07. The van der Waals surface area contributed by atoms with E-state index in [1.54, 1.807) is 0 Å². The lowest BCUT2D eigenvalue weighted by Gasteiger charge is -2.29. The second kappa shape index (κ2) is 18.5. The molecule has 0 aliphatic rings. The van der Waals surface area contributed by atoms with Crippen LogP contribution in [-0.2, 0) is 0 Å². The van der Waals surface area contributed by atoms with E-state index >= 15 is 0 Å². The number of anilines is 9. The van der Waals surface area contributed by atoms with Gasteiger partial charge in [-0.15, -0.1) is 0 Å². The van der Waals surface area contributed by atoms with Gasteiger partial charge in [-0.3, -0.25) is 0 Å². The normalized spacial score (nSPS) is 11.5. The minimum absolute atomic E-state index is 0.606. The van der Waals surface area contributed by atoms with E-state index in [9.17, 15) is 0 Å². The Bertz CT molecular complexity index is 4270. The van der Waals surface area contributed by atoms with Gasteiger partial charge in [0.25, 0.3) is 0 Å². The number of fused-ring (bicyclic) bond motifs is 8. The molecule has 0 aliphatic carbocycles. The Balaban J connectivity index is 1.00. The molecular formula is C69H47N5O. The molecule has 12 aromatic carbocycles. The van der Waals surface area contributed by atoms with E-state index in [0.717, 1.165) is 117 Å². The van der Waals surface area contributed by atoms with Gasteiger partial charge in [0.2, 0.25) is 5.89 Å². The van der Waals surface area contributed by atoms with Crippen LogP contribution in [0, 0.1) is 0 Å². The van der Waals surface area contributed by atoms with E-state index < -0.39 is 0 Å². The highest BCUT2D eigenvalue weighted by atomic mass is 16.3. The van der Waals surface area contributed by atoms with E-state index in [1.807, 2.05) is 30.3 Å². The highest BCUT2D eigenvalue weighted by Gasteiger charge is 2.23. The van der Waals surface area contributed by atoms with Crippen LogP contribution in [0.4, 0.5) is 51.2 Å². The zero-order valence-electron chi connectivity index (χ0n) is 40.8. The largest absolute Gasteiger partial charge is 0.435 e. The molecule has 0 amide bonds. The van der Waals surface area contributed by atoms with Crippen molar-refractivity contribution < 1.29 is 4.42 Å². The van der Waals surface area contributed by atoms with Crippen molar-refractivity contribution in [2.75, 3.05) is 14.7 Å². The van der Waals surface area contributed by atoms with E-state index in [0.29, 0.717) is 5.89 Å². The molecule has 0 N–H and O–H groups in total. The van der Waals surface area contributed by atoms with E-state index in [-0.39, 0.29) is 0 Å². The Hall–Kier alpha value is -10.2. The summed E-state index contributed by atoms with van der Waals surface area (Å²) in [7, 11) is 0. The molecule has 0 unspecified atom stereocenters. The van der Waals surface area contributed by atoms with Gasteiger partial charge in [-0.25, -0.2) is 4.98 Å². The van der Waals surface area contributed by atoms with Crippen LogP contribution in [0.15, 0.2) is 290 Å². The van der Waals surface area contributed by atoms with Gasteiger partial charge >= 0.3 is 0 Å². The molecule has 0 radical (unpaired) electrons. The number of hydrogen-bond acceptors (Lipinski definition) is 5. The van der Waals surface area contributed by atoms with Crippen LogP contribution >= 0.6 is 0 Å². The minimum Gasteiger partial charge on any atom is -0.435 e. The van der Waals surface area contributed by atoms with E-state index in [1.165, 1.54) is 0 Å². The van der Waals surface area contributed by atoms with Crippen molar-refractivity contribution in [1.29, 1.82) is 0 Å². The summed E-state index contributed by atoms with van der Waals surface area (Å²) in [5.41, 5.74) is 15.3. The van der Waals surface area contributed by atoms with Gasteiger partial charge in [-0.2, -0.15) is 0 Å². The maximum atomic E-state index is 6.74. The third-order valence-electron chi connectivity index (χ3n) is 14.3. The topological polar surface area (TPSA) is 40.7 Å². The molecule has 354 valence electrons. The van der Waals surface area contributed by atoms with Crippen LogP contribution in [0.1, 0.15) is 0 Å². The molecule has 6 heteroatoms. The molecule has 6 nitrogen and oxygen atoms in total. The summed E-state index contributed by atoms with van der Waals surface area (Å²) in [5, 5.41) is 6.61. The number of nitrogens with zero attached hydrogens (tertiary/aromatic N) is 5. The second-order valence-corrected chi connectivity index (χ2v) is 18.8. The lowest BCUT2D eigenvalue weighted by molar-refractivity contribution is 0.623. The van der Waals surface area contributed by atoms with Gasteiger partial charge in [0.15, 0.2) is 5.58 Å². The quantitative estimate of drug-likeness (QED) is 0.121. The molecule has 0 saturated carbocycles. The monoisotopic (exact) mass is 961 g/mol. The molecule has 75 heavy (non-hydrogen) atoms. The highest BCUT2D eigenvalue weighted by Crippen LogP contribution is 2.46. The smallest absolute Gasteiger partial charge is 0.227 e. The molecule has 0 aliphatic heterocycles. The van der Waals surface area contributed by atoms with Crippen LogP contribution < -0.4 is 14.7 Å². The second-order valence-electron chi connectivity index (χ2n) is 18.8. The van der Waals surface area contributed by atoms with Crippen molar-refractivity contribution in [3.8, 4) is 17.1 Å². The van der Waals surface area contributed by atoms with Crippen LogP contribution in [-0.4, -0.2) is 9.55 Å². The lowest BCUT2D eigenvalue weighted by Crippen LogP contribution is -2.13. The molecule has 0 saturated heterocycles. The van der Waals surface area contributed by atoms with Crippen molar-refractivity contribution in [2.45, 2.75) is 0 Å². The number of para-hydroxylation sites is 5. The summed E-state index contributed by atoms with van der Waals surface area (Å²) in [5.74, 6) is 0.606. The standard InChI is InChI=1S/C69H47N5O/c1-7-20-50(21-8-1)69-70-64-42-37-49-35-34-48-36-38-58(45-62(48)67(49)68(64)75-69)73(57-33-19-32-56(44-57)71(51-22-9-2-10-23-51)52-24-11-3-12-25-52)59-40-43-65-63(46-59)61-41-39-60(47-66(61)74(65)55-30-17-6-18-31-55)72(53-26-13-4-14-27-53)54-28-15-5-16-29-54/h1-47H. The summed E-state index contributed by atoms with van der Waals surface area (Å²) in [6.45, 7) is 0. The number of aromatic nitrogens is 2. The van der Waals surface area contributed by atoms with Crippen molar-refractivity contribution in [3.05, 3.63) is 285 Å². The molecule has 14 rings (SSSR count). The average molecular weight is 962 g/mol. The number of hydrogen-bond donors (Lipinski definition) is 0. The van der Waals surface area contributed by atoms with Crippen LogP contribution in [0.3, 0.4) is 0 Å². The van der Waals surface area contributed by atoms with Gasteiger partial charge in [0.1, 0.15) is 5.52 Å². The lowest BCUT2D eigenvalue weighted by atomic mass is 10.00. The Morgan fingerprint density at radius 2 is 0.747 bits per heavy atom. The number of rotatable bonds is 11. The summed E-state index contributed by atoms with van der Waals surface area (Å²) in [6, 6.07) is 101. The van der Waals surface area contributed by atoms with Crippen molar-refractivity contribution in [2.24, 2.45) is 0 Å². The van der Waals surface area contributed by atoms with Gasteiger partial charge in [-0.05, 0) is 156 Å². The van der Waals surface area contributed by atoms with Crippen molar-refractivity contribution >= 4 is 106 Å². The van der Waals surface area contributed by atoms with Crippen LogP contribution in [0.25, 0.3) is 71.6 Å². The summed E-state index contributed by atoms with van der Waals surface area (Å²) >= 11 is 0. The van der Waals surface area contributed by atoms with Crippen molar-refractivity contribution in [1.82, 2.24) is 9.55 Å². The Morgan fingerprint density at radius 3 is 1.35 bits per heavy atom. The third kappa shape index (κ3) is 7.80. The van der Waals surface area contributed by atoms with Gasteiger partial charge in [0, 0.05) is 78.6 Å². The summed E-state index contributed by atoms with van der Waals surface area (Å²) < 4.78 is 9.14. The van der Waals surface area contributed by atoms with Gasteiger partial charge in [0.05, 0.1) is 11.0 Å². The fraction of sp³-hybridized carbons (Fsp3) is 0. The molecular weight excluding hydrogens is 915 g/mol. The maximum Gasteiger partial charge on any atom is 0.227 e. The SMILES string of the molecule is c1ccc(-c2nc3ccc4ccc5ccc(N(c6cccc(N(c7ccccc7)c7ccccc7)c6)c6ccc7c(c6)c6ccc(N(c8ccccc8)c8ccccc8)cc6n7-c6ccccc6)cc5c4c3o2)cc1. The first-order valence-corrected chi connectivity index (χ1v) is 25.4. The maximum absolute atomic E-state index is 6.74. The molecule has 0 bridgehead atoms. The highest BCUT2D eigenvalue weighted by molar-refractivity contribution is 6.19. The van der Waals surface area contributed by atoms with Gasteiger partial charge < -0.3 is 23.7 Å². The first-order chi connectivity index (χ1) is 37.2. The number of oxazole rings is 1. The predicted molar refractivity (Wildman–Crippen MR) is 313 cm³/mol. The summed E-state index contributed by atoms with van der Waals surface area (Å²) in [6.07, 6.45) is 0. The van der Waals surface area contributed by atoms with E-state index in [4.69, 9.17) is 9.40 Å². The first-order valence-electron chi connectivity index (χ1n) is 25.4. The molecule has 0 fully saturated rings. The predicted octanol–water partition coefficient (Wildman–Crippen LogP) is 19.3. The molecule has 2 heterocycles. The fourth-order valence-electron chi connectivity index (χ4n) is 10.9. The first kappa shape index (κ1) is 43.6. The van der Waals surface area contributed by atoms with Crippen LogP contribution in [0.2, 0.25) is 0 Å². The Morgan fingerprint density at radius 1 is 0.307 bits per heavy atom. The molecule has 0 atom stereocenters. The minimum atomic E-state index is 0.606. The van der Waals surface area contributed by atoms with E-state index in [2.05, 4.69) is 274 Å². The van der Waals surface area contributed by atoms with Gasteiger partial charge in [-0.1, -0.05) is 146 Å². The molecule has 0 spiro atoms. The number of benzene rings is 12. The zero-order valence-corrected chi connectivity index (χ0v) is 40.8. The third-order valence-corrected chi connectivity index (χ3v) is 14.3.